The Kier molecular flexibility index (Phi) is 11.5. The minimum absolute atomic E-state index is 0. The number of aliphatic hydroxyl groups excluding tert-OH is 2. The Balaban J connectivity index is 0. The summed E-state index contributed by atoms with van der Waals surface area (Å²) in [6, 6.07) is 9.57. The van der Waals surface area contributed by atoms with Gasteiger partial charge in [-0.05, 0) is 19.4 Å². The summed E-state index contributed by atoms with van der Waals surface area (Å²) in [5, 5.41) is 20.6. The third-order valence-corrected chi connectivity index (χ3v) is 6.61. The lowest BCUT2D eigenvalue weighted by molar-refractivity contribution is -0.174. The van der Waals surface area contributed by atoms with Gasteiger partial charge in [0.1, 0.15) is 0 Å². The summed E-state index contributed by atoms with van der Waals surface area (Å²) in [6.45, 7) is 7.09. The van der Waals surface area contributed by atoms with E-state index in [1.54, 1.807) is 18.7 Å². The number of hydrogen-bond acceptors (Lipinski definition) is 9. The topological polar surface area (TPSA) is 138 Å². The van der Waals surface area contributed by atoms with E-state index in [9.17, 15) is 14.7 Å². The van der Waals surface area contributed by atoms with Gasteiger partial charge < -0.3 is 35.2 Å². The fraction of sp³-hybridized carbons (Fsp3) is 0.667. The van der Waals surface area contributed by atoms with Gasteiger partial charge in [0.2, 0.25) is 0 Å². The Hall–Kier alpha value is -2.15. The number of ether oxygens (including phenoxy) is 2. The molecule has 210 valence electrons. The van der Waals surface area contributed by atoms with Crippen LogP contribution in [0.5, 0.6) is 0 Å². The molecule has 2 amide bonds. The van der Waals surface area contributed by atoms with E-state index >= 15 is 0 Å². The van der Waals surface area contributed by atoms with Crippen LogP contribution in [0, 0.1) is 11.8 Å². The van der Waals surface area contributed by atoms with E-state index in [0.29, 0.717) is 46.0 Å². The average Bonchev–Trinajstić information content (AvgIpc) is 3.62. The number of aliphatic hydroxyl groups is 2. The number of hydrogen-bond donors (Lipinski definition) is 3. The first-order valence-electron chi connectivity index (χ1n) is 13.2. The molecule has 1 aromatic carbocycles. The van der Waals surface area contributed by atoms with Crippen molar-refractivity contribution in [3.63, 3.8) is 0 Å². The molecule has 0 aliphatic carbocycles. The molecule has 3 heterocycles. The number of rotatable bonds is 6. The van der Waals surface area contributed by atoms with E-state index in [1.165, 1.54) is 4.90 Å². The fourth-order valence-corrected chi connectivity index (χ4v) is 4.73. The molecule has 3 aliphatic rings. The molecule has 12 heteroatoms. The van der Waals surface area contributed by atoms with Crippen LogP contribution in [-0.2, 0) is 14.3 Å². The molecule has 0 unspecified atom stereocenters. The molecule has 3 aliphatic heterocycles. The number of hydroxylamine groups is 2. The predicted octanol–water partition coefficient (Wildman–Crippen LogP) is 1.98. The molecule has 4 rings (SSSR count). The van der Waals surface area contributed by atoms with E-state index in [2.05, 4.69) is 0 Å². The second-order valence-corrected chi connectivity index (χ2v) is 8.91. The average molecular weight is 540 g/mol. The third-order valence-electron chi connectivity index (χ3n) is 6.61. The molecule has 5 atom stereocenters. The fourth-order valence-electron chi connectivity index (χ4n) is 4.73. The van der Waals surface area contributed by atoms with Crippen LogP contribution in [0.3, 0.4) is 0 Å². The van der Waals surface area contributed by atoms with Crippen molar-refractivity contribution in [2.45, 2.75) is 32.0 Å². The van der Waals surface area contributed by atoms with Gasteiger partial charge in [0.25, 0.3) is 0 Å². The van der Waals surface area contributed by atoms with Crippen LogP contribution in [-0.4, -0.2) is 109 Å². The number of fused-ring (bicyclic) bond motifs is 1. The summed E-state index contributed by atoms with van der Waals surface area (Å²) >= 11 is 0. The molecule has 3 fully saturated rings. The predicted molar refractivity (Wildman–Crippen MR) is 141 cm³/mol. The maximum atomic E-state index is 11.9. The Labute approximate surface area is 224 Å². The Bertz CT molecular complexity index is 840. The molecule has 0 spiro atoms. The quantitative estimate of drug-likeness (QED) is 0.495. The number of nitrogens with two attached hydrogens (primary N) is 1. The van der Waals surface area contributed by atoms with E-state index in [4.69, 9.17) is 28.1 Å². The van der Waals surface area contributed by atoms with Crippen LogP contribution in [0.1, 0.15) is 31.3 Å². The minimum Gasteiger partial charge on any atom is -0.450 e. The smallest absolute Gasteiger partial charge is 0.409 e. The van der Waals surface area contributed by atoms with Crippen molar-refractivity contribution < 1.29 is 39.9 Å². The number of carbonyl (C=O) groups is 2. The normalized spacial score (nSPS) is 26.1. The van der Waals surface area contributed by atoms with E-state index in [0.717, 1.165) is 5.56 Å². The van der Waals surface area contributed by atoms with Gasteiger partial charge in [-0.1, -0.05) is 30.3 Å². The summed E-state index contributed by atoms with van der Waals surface area (Å²) in [4.78, 5) is 32.2. The van der Waals surface area contributed by atoms with Gasteiger partial charge in [0.05, 0.1) is 38.5 Å². The highest BCUT2D eigenvalue weighted by Gasteiger charge is 2.47. The zero-order valence-corrected chi connectivity index (χ0v) is 21.7. The molecule has 36 heavy (non-hydrogen) atoms. The van der Waals surface area contributed by atoms with Gasteiger partial charge in [0.15, 0.2) is 0 Å². The molecular formula is C24H45ClN4O7. The molecule has 3 saturated heterocycles. The Morgan fingerprint density at radius 2 is 1.72 bits per heavy atom. The highest BCUT2D eigenvalue weighted by atomic mass is 35.5. The SMILES string of the molecule is CCOC(=O)N1C[C@@H](CO)[C@@H](N)C1.CCOC(=O)N1C[C@H]2CON([C@@H](CO)c3ccccc3)[C@H]2C1.Cl.[2HH].[2H][2H].[HH]. The summed E-state index contributed by atoms with van der Waals surface area (Å²) in [7, 11) is 0. The first kappa shape index (κ1) is 28.4. The Morgan fingerprint density at radius 3 is 2.25 bits per heavy atom. The lowest BCUT2D eigenvalue weighted by atomic mass is 10.0. The number of nitrogens with zero attached hydrogens (tertiary/aromatic N) is 3. The first-order valence-corrected chi connectivity index (χ1v) is 12.2. The van der Waals surface area contributed by atoms with Gasteiger partial charge in [0, 0.05) is 56.5 Å². The maximum Gasteiger partial charge on any atom is 0.409 e. The van der Waals surface area contributed by atoms with Gasteiger partial charge in [-0.25, -0.2) is 9.59 Å². The summed E-state index contributed by atoms with van der Waals surface area (Å²) in [5.74, 6) is 0.256. The molecule has 11 nitrogen and oxygen atoms in total. The molecule has 1 aromatic rings. The van der Waals surface area contributed by atoms with Crippen LogP contribution in [0.4, 0.5) is 9.59 Å². The summed E-state index contributed by atoms with van der Waals surface area (Å²) < 4.78 is 19.9. The number of benzene rings is 1. The second kappa shape index (κ2) is 14.6. The van der Waals surface area contributed by atoms with Gasteiger partial charge >= 0.3 is 12.2 Å². The Morgan fingerprint density at radius 1 is 1.11 bits per heavy atom. The number of carbonyl (C=O) groups excluding carboxylic acids is 2. The number of halogens is 1. The zero-order chi connectivity index (χ0) is 27.4. The number of likely N-dealkylation sites (tertiary alicyclic amines) is 2. The van der Waals surface area contributed by atoms with Crippen LogP contribution in [0.15, 0.2) is 30.3 Å². The van der Waals surface area contributed by atoms with Crippen LogP contribution < -0.4 is 5.73 Å². The molecule has 0 saturated carbocycles. The van der Waals surface area contributed by atoms with Gasteiger partial charge in [-0.2, -0.15) is 5.06 Å². The van der Waals surface area contributed by atoms with Crippen molar-refractivity contribution in [1.29, 1.82) is 0 Å². The highest BCUT2D eigenvalue weighted by Crippen LogP contribution is 2.35. The third kappa shape index (κ3) is 7.21. The summed E-state index contributed by atoms with van der Waals surface area (Å²) in [6.07, 6.45) is -0.606. The highest BCUT2D eigenvalue weighted by molar-refractivity contribution is 5.85. The standard InChI is InChI=1S/C16H22N2O4.C8H16N2O3.ClH.3H2/c1-2-21-16(20)17-8-13-11-22-18(14(13)9-17)15(10-19)12-6-4-3-5-7-12;1-2-13-8(12)10-3-6(5-11)7(9)4-10;;;;/h3-7,13-15,19H,2,8-11H2,1H3;6-7,11H,2-5,9H2,1H3;4*1H/t13-,14-,15-;6-,7-;;;;/m00..../s1/i;;;1+1D;1+1;. The molecule has 0 radical (unpaired) electrons. The van der Waals surface area contributed by atoms with Crippen molar-refractivity contribution >= 4 is 24.6 Å². The van der Waals surface area contributed by atoms with E-state index in [1.807, 2.05) is 35.4 Å². The lowest BCUT2D eigenvalue weighted by Crippen LogP contribution is -2.39. The van der Waals surface area contributed by atoms with Crippen molar-refractivity contribution in [1.82, 2.24) is 14.9 Å². The largest absolute Gasteiger partial charge is 0.450 e. The molecular weight excluding hydrogens is 492 g/mol. The number of amides is 2. The van der Waals surface area contributed by atoms with Crippen LogP contribution in [0.25, 0.3) is 0 Å². The first-order chi connectivity index (χ1) is 17.9. The van der Waals surface area contributed by atoms with Crippen LogP contribution >= 0.6 is 12.4 Å². The molecule has 4 N–H and O–H groups in total. The second-order valence-electron chi connectivity index (χ2n) is 8.91. The van der Waals surface area contributed by atoms with Gasteiger partial charge in [-0.15, -0.1) is 12.4 Å². The molecule has 0 bridgehead atoms. The lowest BCUT2D eigenvalue weighted by Gasteiger charge is -2.30. The van der Waals surface area contributed by atoms with Gasteiger partial charge in [-0.3, -0.25) is 4.84 Å². The molecule has 0 aromatic heterocycles. The van der Waals surface area contributed by atoms with Crippen molar-refractivity contribution in [2.24, 2.45) is 17.6 Å². The van der Waals surface area contributed by atoms with Crippen LogP contribution in [0.2, 0.25) is 0 Å². The van der Waals surface area contributed by atoms with Crippen molar-refractivity contribution in [3.8, 4) is 0 Å². The zero-order valence-electron chi connectivity index (χ0n) is 22.9. The van der Waals surface area contributed by atoms with E-state index < -0.39 is 0 Å². The maximum absolute atomic E-state index is 11.9. The monoisotopic (exact) mass is 539 g/mol. The van der Waals surface area contributed by atoms with Crippen molar-refractivity contribution in [2.75, 3.05) is 59.2 Å². The summed E-state index contributed by atoms with van der Waals surface area (Å²) in [5.41, 5.74) is 6.72. The van der Waals surface area contributed by atoms with Crippen molar-refractivity contribution in [3.05, 3.63) is 35.9 Å². The van der Waals surface area contributed by atoms with E-state index in [-0.39, 0.29) is 70.6 Å². The minimum atomic E-state index is -0.339.